The van der Waals surface area contributed by atoms with Crippen LogP contribution in [0.25, 0.3) is 0 Å². The van der Waals surface area contributed by atoms with Crippen LogP contribution < -0.4 is 0 Å². The van der Waals surface area contributed by atoms with Gasteiger partial charge in [-0.05, 0) is 47.1 Å². The molecule has 1 aromatic rings. The molecule has 11 heavy (non-hydrogen) atoms. The fourth-order valence-electron chi connectivity index (χ4n) is 0.883. The SMILES string of the molecule is [CH2]CCCc1ccc(I)nc1. The van der Waals surface area contributed by atoms with Crippen molar-refractivity contribution in [3.8, 4) is 0 Å². The molecular formula is C9H11IN. The summed E-state index contributed by atoms with van der Waals surface area (Å²) in [7, 11) is 0. The maximum Gasteiger partial charge on any atom is 0.101 e. The molecule has 1 aromatic heterocycles. The van der Waals surface area contributed by atoms with Crippen molar-refractivity contribution in [2.45, 2.75) is 19.3 Å². The van der Waals surface area contributed by atoms with E-state index in [1.807, 2.05) is 12.3 Å². The van der Waals surface area contributed by atoms with Crippen LogP contribution >= 0.6 is 22.6 Å². The second-order valence-corrected chi connectivity index (χ2v) is 3.55. The zero-order valence-electron chi connectivity index (χ0n) is 6.39. The van der Waals surface area contributed by atoms with E-state index in [-0.39, 0.29) is 0 Å². The van der Waals surface area contributed by atoms with Gasteiger partial charge in [0.2, 0.25) is 0 Å². The Bertz CT molecular complexity index is 205. The third-order valence-electron chi connectivity index (χ3n) is 1.50. The molecule has 0 aliphatic heterocycles. The first-order valence-electron chi connectivity index (χ1n) is 3.72. The van der Waals surface area contributed by atoms with Gasteiger partial charge in [-0.1, -0.05) is 19.4 Å². The lowest BCUT2D eigenvalue weighted by Crippen LogP contribution is -1.87. The van der Waals surface area contributed by atoms with E-state index >= 15 is 0 Å². The fraction of sp³-hybridized carbons (Fsp3) is 0.333. The van der Waals surface area contributed by atoms with Gasteiger partial charge in [0, 0.05) is 6.20 Å². The number of aromatic nitrogens is 1. The first-order valence-corrected chi connectivity index (χ1v) is 4.80. The molecule has 1 rings (SSSR count). The Kier molecular flexibility index (Phi) is 3.83. The van der Waals surface area contributed by atoms with Crippen LogP contribution in [0.1, 0.15) is 18.4 Å². The van der Waals surface area contributed by atoms with Gasteiger partial charge in [0.1, 0.15) is 3.70 Å². The normalized spacial score (nSPS) is 10.0. The molecule has 0 aliphatic rings. The summed E-state index contributed by atoms with van der Waals surface area (Å²) in [6, 6.07) is 4.17. The Morgan fingerprint density at radius 1 is 1.45 bits per heavy atom. The number of rotatable bonds is 3. The first kappa shape index (κ1) is 8.97. The molecule has 0 aliphatic carbocycles. The molecule has 0 saturated heterocycles. The van der Waals surface area contributed by atoms with Crippen molar-refractivity contribution in [3.63, 3.8) is 0 Å². The largest absolute Gasteiger partial charge is 0.250 e. The second kappa shape index (κ2) is 4.70. The van der Waals surface area contributed by atoms with Gasteiger partial charge in [-0.15, -0.1) is 0 Å². The van der Waals surface area contributed by atoms with Crippen molar-refractivity contribution in [2.75, 3.05) is 0 Å². The molecule has 0 amide bonds. The Hall–Kier alpha value is -0.120. The highest BCUT2D eigenvalue weighted by Gasteiger charge is 1.91. The molecule has 1 radical (unpaired) electrons. The van der Waals surface area contributed by atoms with Crippen molar-refractivity contribution in [1.29, 1.82) is 0 Å². The van der Waals surface area contributed by atoms with Crippen LogP contribution in [-0.4, -0.2) is 4.98 Å². The van der Waals surface area contributed by atoms with Crippen LogP contribution in [0.2, 0.25) is 0 Å². The molecule has 0 unspecified atom stereocenters. The predicted molar refractivity (Wildman–Crippen MR) is 55.2 cm³/mol. The molecule has 0 N–H and O–H groups in total. The summed E-state index contributed by atoms with van der Waals surface area (Å²) in [6.45, 7) is 3.80. The number of unbranched alkanes of at least 4 members (excludes halogenated alkanes) is 1. The van der Waals surface area contributed by atoms with E-state index < -0.39 is 0 Å². The van der Waals surface area contributed by atoms with Gasteiger partial charge in [0.15, 0.2) is 0 Å². The second-order valence-electron chi connectivity index (χ2n) is 2.45. The van der Waals surface area contributed by atoms with Gasteiger partial charge in [-0.2, -0.15) is 0 Å². The molecule has 2 heteroatoms. The molecule has 0 fully saturated rings. The molecule has 0 atom stereocenters. The van der Waals surface area contributed by atoms with Crippen LogP contribution in [0, 0.1) is 10.6 Å². The van der Waals surface area contributed by atoms with Crippen molar-refractivity contribution >= 4 is 22.6 Å². The highest BCUT2D eigenvalue weighted by atomic mass is 127. The number of aryl methyl sites for hydroxylation is 1. The molecular weight excluding hydrogens is 249 g/mol. The standard InChI is InChI=1S/C9H11IN/c1-2-3-4-8-5-6-9(10)11-7-8/h5-7H,1-4H2. The minimum atomic E-state index is 1.01. The Balaban J connectivity index is 2.52. The molecule has 59 valence electrons. The highest BCUT2D eigenvalue weighted by Crippen LogP contribution is 2.05. The Morgan fingerprint density at radius 3 is 2.82 bits per heavy atom. The van der Waals surface area contributed by atoms with Crippen LogP contribution in [0.3, 0.4) is 0 Å². The third kappa shape index (κ3) is 3.18. The summed E-state index contributed by atoms with van der Waals surface area (Å²) in [4.78, 5) is 4.20. The minimum Gasteiger partial charge on any atom is -0.250 e. The predicted octanol–water partition coefficient (Wildman–Crippen LogP) is 2.84. The van der Waals surface area contributed by atoms with E-state index in [9.17, 15) is 0 Å². The van der Waals surface area contributed by atoms with E-state index in [4.69, 9.17) is 0 Å². The molecule has 0 spiro atoms. The number of halogens is 1. The van der Waals surface area contributed by atoms with E-state index in [0.29, 0.717) is 0 Å². The van der Waals surface area contributed by atoms with E-state index in [0.717, 1.165) is 23.0 Å². The molecule has 1 nitrogen and oxygen atoms in total. The topological polar surface area (TPSA) is 12.9 Å². The maximum absolute atomic E-state index is 4.20. The smallest absolute Gasteiger partial charge is 0.101 e. The minimum absolute atomic E-state index is 1.01. The molecule has 1 heterocycles. The van der Waals surface area contributed by atoms with Crippen LogP contribution in [0.5, 0.6) is 0 Å². The molecule has 0 aromatic carbocycles. The number of pyridine rings is 1. The highest BCUT2D eigenvalue weighted by molar-refractivity contribution is 14.1. The van der Waals surface area contributed by atoms with Gasteiger partial charge < -0.3 is 0 Å². The maximum atomic E-state index is 4.20. The number of nitrogens with zero attached hydrogens (tertiary/aromatic N) is 1. The van der Waals surface area contributed by atoms with Crippen molar-refractivity contribution < 1.29 is 0 Å². The summed E-state index contributed by atoms with van der Waals surface area (Å²) < 4.78 is 1.06. The van der Waals surface area contributed by atoms with Crippen molar-refractivity contribution in [2.24, 2.45) is 0 Å². The van der Waals surface area contributed by atoms with Gasteiger partial charge in [-0.25, -0.2) is 0 Å². The average Bonchev–Trinajstić information content (AvgIpc) is 2.04. The Morgan fingerprint density at radius 2 is 2.27 bits per heavy atom. The van der Waals surface area contributed by atoms with Gasteiger partial charge in [-0.3, -0.25) is 4.98 Å². The lowest BCUT2D eigenvalue weighted by atomic mass is 10.1. The summed E-state index contributed by atoms with van der Waals surface area (Å²) in [5, 5.41) is 0. The lowest BCUT2D eigenvalue weighted by molar-refractivity contribution is 0.836. The summed E-state index contributed by atoms with van der Waals surface area (Å²) in [5.41, 5.74) is 1.31. The first-order chi connectivity index (χ1) is 5.33. The van der Waals surface area contributed by atoms with Crippen molar-refractivity contribution in [3.05, 3.63) is 34.5 Å². The van der Waals surface area contributed by atoms with Gasteiger partial charge >= 0.3 is 0 Å². The van der Waals surface area contributed by atoms with Crippen LogP contribution in [-0.2, 0) is 6.42 Å². The number of hydrogen-bond acceptors (Lipinski definition) is 1. The van der Waals surface area contributed by atoms with Crippen LogP contribution in [0.15, 0.2) is 18.3 Å². The number of hydrogen-bond donors (Lipinski definition) is 0. The monoisotopic (exact) mass is 260 g/mol. The quantitative estimate of drug-likeness (QED) is 0.601. The summed E-state index contributed by atoms with van der Waals surface area (Å²) in [6.07, 6.45) is 5.21. The van der Waals surface area contributed by atoms with E-state index in [1.165, 1.54) is 5.56 Å². The van der Waals surface area contributed by atoms with E-state index in [1.54, 1.807) is 0 Å². The average molecular weight is 260 g/mol. The van der Waals surface area contributed by atoms with E-state index in [2.05, 4.69) is 40.6 Å². The fourth-order valence-corrected chi connectivity index (χ4v) is 1.20. The lowest BCUT2D eigenvalue weighted by Gasteiger charge is -1.97. The summed E-state index contributed by atoms with van der Waals surface area (Å²) in [5.74, 6) is 0. The third-order valence-corrected chi connectivity index (χ3v) is 2.14. The van der Waals surface area contributed by atoms with Gasteiger partial charge in [0.05, 0.1) is 0 Å². The molecule has 0 bridgehead atoms. The Labute approximate surface area is 81.4 Å². The molecule has 0 saturated carbocycles. The zero-order chi connectivity index (χ0) is 8.10. The van der Waals surface area contributed by atoms with Crippen molar-refractivity contribution in [1.82, 2.24) is 4.98 Å². The van der Waals surface area contributed by atoms with Gasteiger partial charge in [0.25, 0.3) is 0 Å². The summed E-state index contributed by atoms with van der Waals surface area (Å²) >= 11 is 2.21. The zero-order valence-corrected chi connectivity index (χ0v) is 8.54. The van der Waals surface area contributed by atoms with Crippen LogP contribution in [0.4, 0.5) is 0 Å².